The van der Waals surface area contributed by atoms with Crippen LogP contribution in [0.4, 0.5) is 5.69 Å². The van der Waals surface area contributed by atoms with Crippen LogP contribution >= 0.6 is 0 Å². The van der Waals surface area contributed by atoms with Crippen LogP contribution in [-0.4, -0.2) is 16.8 Å². The highest BCUT2D eigenvalue weighted by Gasteiger charge is 2.09. The number of hydrogen-bond donors (Lipinski definition) is 2. The van der Waals surface area contributed by atoms with Gasteiger partial charge in [0, 0.05) is 5.39 Å². The molecule has 0 atom stereocenters. The van der Waals surface area contributed by atoms with Crippen molar-refractivity contribution in [3.05, 3.63) is 42.5 Å². The molecule has 104 valence electrons. The second-order valence-corrected chi connectivity index (χ2v) is 4.61. The summed E-state index contributed by atoms with van der Waals surface area (Å²) < 4.78 is 0. The number of rotatable bonds is 6. The third-order valence-corrected chi connectivity index (χ3v) is 3.11. The fraction of sp³-hybridized carbons (Fsp3) is 0.250. The molecular formula is C16H18N2O2. The van der Waals surface area contributed by atoms with Gasteiger partial charge in [0.2, 0.25) is 0 Å². The van der Waals surface area contributed by atoms with Crippen LogP contribution in [0.3, 0.4) is 0 Å². The predicted molar refractivity (Wildman–Crippen MR) is 82.2 cm³/mol. The summed E-state index contributed by atoms with van der Waals surface area (Å²) in [4.78, 5) is 11.1. The Balaban J connectivity index is 2.24. The van der Waals surface area contributed by atoms with E-state index in [1.165, 1.54) is 0 Å². The van der Waals surface area contributed by atoms with Gasteiger partial charge in [0.05, 0.1) is 5.69 Å². The quantitative estimate of drug-likeness (QED) is 0.618. The lowest BCUT2D eigenvalue weighted by molar-refractivity contribution is -0.129. The average molecular weight is 270 g/mol. The molecule has 4 heteroatoms. The second-order valence-electron chi connectivity index (χ2n) is 4.61. The normalized spacial score (nSPS) is 11.6. The first-order chi connectivity index (χ1) is 9.72. The van der Waals surface area contributed by atoms with Gasteiger partial charge in [-0.25, -0.2) is 4.79 Å². The van der Waals surface area contributed by atoms with Crippen molar-refractivity contribution in [2.75, 3.05) is 5.43 Å². The van der Waals surface area contributed by atoms with Crippen molar-refractivity contribution in [3.8, 4) is 0 Å². The molecule has 4 nitrogen and oxygen atoms in total. The van der Waals surface area contributed by atoms with Gasteiger partial charge < -0.3 is 5.11 Å². The molecule has 20 heavy (non-hydrogen) atoms. The zero-order chi connectivity index (χ0) is 14.4. The largest absolute Gasteiger partial charge is 0.477 e. The van der Waals surface area contributed by atoms with Gasteiger partial charge in [-0.05, 0) is 24.3 Å². The van der Waals surface area contributed by atoms with Crippen LogP contribution in [0.15, 0.2) is 47.6 Å². The van der Waals surface area contributed by atoms with Gasteiger partial charge >= 0.3 is 5.97 Å². The average Bonchev–Trinajstić information content (AvgIpc) is 2.47. The molecule has 0 aliphatic carbocycles. The third kappa shape index (κ3) is 3.35. The fourth-order valence-electron chi connectivity index (χ4n) is 2.01. The molecule has 2 aromatic carbocycles. The van der Waals surface area contributed by atoms with E-state index in [1.54, 1.807) is 0 Å². The highest BCUT2D eigenvalue weighted by atomic mass is 16.4. The Labute approximate surface area is 118 Å². The number of anilines is 1. The molecule has 0 heterocycles. The van der Waals surface area contributed by atoms with E-state index >= 15 is 0 Å². The smallest absolute Gasteiger partial charge is 0.352 e. The molecule has 0 amide bonds. The summed E-state index contributed by atoms with van der Waals surface area (Å²) in [6, 6.07) is 13.8. The lowest BCUT2D eigenvalue weighted by Crippen LogP contribution is -2.14. The SMILES string of the molecule is CCCC/C(=N\Nc1cccc2ccccc12)C(=O)O. The maximum atomic E-state index is 11.1. The first-order valence-corrected chi connectivity index (χ1v) is 6.76. The molecule has 0 saturated carbocycles. The molecule has 0 spiro atoms. The minimum absolute atomic E-state index is 0.166. The summed E-state index contributed by atoms with van der Waals surface area (Å²) >= 11 is 0. The first kappa shape index (κ1) is 14.1. The van der Waals surface area contributed by atoms with Crippen LogP contribution in [0, 0.1) is 0 Å². The summed E-state index contributed by atoms with van der Waals surface area (Å²) in [5, 5.41) is 15.3. The lowest BCUT2D eigenvalue weighted by atomic mass is 10.1. The van der Waals surface area contributed by atoms with E-state index in [-0.39, 0.29) is 5.71 Å². The van der Waals surface area contributed by atoms with Crippen LogP contribution < -0.4 is 5.43 Å². The second kappa shape index (κ2) is 6.70. The summed E-state index contributed by atoms with van der Waals surface area (Å²) in [5.74, 6) is -0.966. The highest BCUT2D eigenvalue weighted by Crippen LogP contribution is 2.22. The predicted octanol–water partition coefficient (Wildman–Crippen LogP) is 3.88. The van der Waals surface area contributed by atoms with E-state index in [2.05, 4.69) is 10.5 Å². The number of aliphatic carboxylic acids is 1. The van der Waals surface area contributed by atoms with Crippen LogP contribution in [0.1, 0.15) is 26.2 Å². The molecule has 0 unspecified atom stereocenters. The van der Waals surface area contributed by atoms with Crippen molar-refractivity contribution in [2.45, 2.75) is 26.2 Å². The molecule has 0 bridgehead atoms. The van der Waals surface area contributed by atoms with Crippen LogP contribution in [0.5, 0.6) is 0 Å². The highest BCUT2D eigenvalue weighted by molar-refractivity contribution is 6.35. The van der Waals surface area contributed by atoms with Crippen molar-refractivity contribution in [1.29, 1.82) is 0 Å². The zero-order valence-corrected chi connectivity index (χ0v) is 11.5. The number of fused-ring (bicyclic) bond motifs is 1. The Kier molecular flexibility index (Phi) is 4.71. The maximum absolute atomic E-state index is 11.1. The van der Waals surface area contributed by atoms with Crippen molar-refractivity contribution >= 4 is 28.1 Å². The van der Waals surface area contributed by atoms with Gasteiger partial charge in [-0.3, -0.25) is 5.43 Å². The molecule has 0 radical (unpaired) electrons. The van der Waals surface area contributed by atoms with Gasteiger partial charge in [0.25, 0.3) is 0 Å². The van der Waals surface area contributed by atoms with Gasteiger partial charge in [0.15, 0.2) is 0 Å². The summed E-state index contributed by atoms with van der Waals surface area (Å²) in [7, 11) is 0. The fourth-order valence-corrected chi connectivity index (χ4v) is 2.01. The number of nitrogens with zero attached hydrogens (tertiary/aromatic N) is 1. The molecule has 2 aromatic rings. The van der Waals surface area contributed by atoms with Gasteiger partial charge in [-0.15, -0.1) is 0 Å². The molecule has 0 aliphatic rings. The molecular weight excluding hydrogens is 252 g/mol. The molecule has 0 aliphatic heterocycles. The number of benzene rings is 2. The number of unbranched alkanes of at least 4 members (excludes halogenated alkanes) is 1. The van der Waals surface area contributed by atoms with E-state index in [9.17, 15) is 4.79 Å². The number of nitrogens with one attached hydrogen (secondary N) is 1. The Morgan fingerprint density at radius 2 is 1.95 bits per heavy atom. The standard InChI is InChI=1S/C16H18N2O2/c1-2-3-10-15(16(19)20)18-17-14-11-6-8-12-7-4-5-9-13(12)14/h4-9,11,17H,2-3,10H2,1H3,(H,19,20)/b18-15+. The minimum Gasteiger partial charge on any atom is -0.477 e. The summed E-state index contributed by atoms with van der Waals surface area (Å²) in [6.45, 7) is 2.03. The zero-order valence-electron chi connectivity index (χ0n) is 11.5. The van der Waals surface area contributed by atoms with E-state index in [0.29, 0.717) is 6.42 Å². The Bertz CT molecular complexity index is 630. The first-order valence-electron chi connectivity index (χ1n) is 6.76. The lowest BCUT2D eigenvalue weighted by Gasteiger charge is -2.07. The Morgan fingerprint density at radius 3 is 2.70 bits per heavy atom. The Morgan fingerprint density at radius 1 is 1.20 bits per heavy atom. The molecule has 0 fully saturated rings. The van der Waals surface area contributed by atoms with E-state index < -0.39 is 5.97 Å². The van der Waals surface area contributed by atoms with Crippen molar-refractivity contribution in [2.24, 2.45) is 5.10 Å². The van der Waals surface area contributed by atoms with Crippen molar-refractivity contribution in [1.82, 2.24) is 0 Å². The van der Waals surface area contributed by atoms with Crippen LogP contribution in [-0.2, 0) is 4.79 Å². The number of carbonyl (C=O) groups is 1. The van der Waals surface area contributed by atoms with Gasteiger partial charge in [-0.2, -0.15) is 5.10 Å². The van der Waals surface area contributed by atoms with E-state index in [4.69, 9.17) is 5.11 Å². The number of hydrogen-bond acceptors (Lipinski definition) is 3. The van der Waals surface area contributed by atoms with E-state index in [1.807, 2.05) is 49.4 Å². The van der Waals surface area contributed by atoms with Gasteiger partial charge in [0.1, 0.15) is 5.71 Å². The van der Waals surface area contributed by atoms with Crippen LogP contribution in [0.2, 0.25) is 0 Å². The van der Waals surface area contributed by atoms with Gasteiger partial charge in [-0.1, -0.05) is 49.7 Å². The maximum Gasteiger partial charge on any atom is 0.352 e. The number of carboxylic acid groups (broad SMARTS) is 1. The van der Waals surface area contributed by atoms with E-state index in [0.717, 1.165) is 29.3 Å². The third-order valence-electron chi connectivity index (χ3n) is 3.11. The monoisotopic (exact) mass is 270 g/mol. The van der Waals surface area contributed by atoms with Crippen molar-refractivity contribution in [3.63, 3.8) is 0 Å². The van der Waals surface area contributed by atoms with Crippen molar-refractivity contribution < 1.29 is 9.90 Å². The minimum atomic E-state index is -0.966. The van der Waals surface area contributed by atoms with Crippen LogP contribution in [0.25, 0.3) is 10.8 Å². The molecule has 0 aromatic heterocycles. The number of hydrazone groups is 1. The molecule has 0 saturated heterocycles. The Hall–Kier alpha value is -2.36. The molecule has 2 rings (SSSR count). The summed E-state index contributed by atoms with van der Waals surface area (Å²) in [5.41, 5.74) is 3.87. The summed E-state index contributed by atoms with van der Waals surface area (Å²) in [6.07, 6.45) is 2.24. The molecule has 2 N–H and O–H groups in total. The topological polar surface area (TPSA) is 61.7 Å². The number of carboxylic acids is 1.